The van der Waals surface area contributed by atoms with Gasteiger partial charge in [0.15, 0.2) is 0 Å². The highest BCUT2D eigenvalue weighted by Crippen LogP contribution is 2.38. The number of hydrogen-bond acceptors (Lipinski definition) is 3. The van der Waals surface area contributed by atoms with Crippen molar-refractivity contribution in [2.24, 2.45) is 10.9 Å². The number of benzene rings is 2. The van der Waals surface area contributed by atoms with Crippen molar-refractivity contribution < 1.29 is 14.7 Å². The van der Waals surface area contributed by atoms with E-state index in [2.05, 4.69) is 33.4 Å². The molecule has 6 heteroatoms. The molecule has 0 atom stereocenters. The molecule has 1 fully saturated rings. The van der Waals surface area contributed by atoms with Gasteiger partial charge in [0.2, 0.25) is 5.91 Å². The second-order valence-electron chi connectivity index (χ2n) is 12.0. The van der Waals surface area contributed by atoms with Gasteiger partial charge in [0.1, 0.15) is 5.84 Å². The van der Waals surface area contributed by atoms with Crippen molar-refractivity contribution >= 4 is 23.3 Å². The zero-order valence-electron chi connectivity index (χ0n) is 23.6. The van der Waals surface area contributed by atoms with Gasteiger partial charge in [0.05, 0.1) is 5.60 Å². The topological polar surface area (TPSA) is 82.0 Å². The Morgan fingerprint density at radius 1 is 1.08 bits per heavy atom. The number of carbonyl (C=O) groups is 2. The van der Waals surface area contributed by atoms with Crippen LogP contribution in [-0.4, -0.2) is 40.4 Å². The first kappa shape index (κ1) is 28.0. The third kappa shape index (κ3) is 7.10. The molecular formula is C32H43N3O3. The summed E-state index contributed by atoms with van der Waals surface area (Å²) in [4.78, 5) is 32.7. The lowest BCUT2D eigenvalue weighted by Gasteiger charge is -2.36. The van der Waals surface area contributed by atoms with E-state index in [9.17, 15) is 14.7 Å². The molecule has 6 nitrogen and oxygen atoms in total. The quantitative estimate of drug-likeness (QED) is 0.466. The van der Waals surface area contributed by atoms with Gasteiger partial charge in [0, 0.05) is 35.7 Å². The number of fused-ring (bicyclic) bond motifs is 1. The van der Waals surface area contributed by atoms with E-state index in [1.54, 1.807) is 0 Å². The number of aryl methyl sites for hydroxylation is 2. The van der Waals surface area contributed by atoms with Crippen LogP contribution in [0.4, 0.5) is 5.69 Å². The Morgan fingerprint density at radius 3 is 2.39 bits per heavy atom. The Balaban J connectivity index is 1.58. The van der Waals surface area contributed by atoms with Gasteiger partial charge in [-0.15, -0.1) is 0 Å². The van der Waals surface area contributed by atoms with E-state index in [0.29, 0.717) is 12.0 Å². The standard InChI is InChI=1S/C32H43N3O3/c1-21(2)33-30(36)25-14-16-27(17-15-25)35-28-19-23(7-6-18-32(4,5)38)10-13-26(28)20-29(35)34-31(37)24-11-8-22(3)9-12-24/h8-13,19,21,25,27,38H,6-7,14-18,20H2,1-5H3,(H,33,36). The van der Waals surface area contributed by atoms with E-state index in [1.807, 2.05) is 58.9 Å². The van der Waals surface area contributed by atoms with Crippen molar-refractivity contribution in [2.75, 3.05) is 4.90 Å². The first-order valence-corrected chi connectivity index (χ1v) is 14.1. The van der Waals surface area contributed by atoms with Gasteiger partial charge in [-0.2, -0.15) is 4.99 Å². The third-order valence-corrected chi connectivity index (χ3v) is 7.68. The van der Waals surface area contributed by atoms with Crippen LogP contribution in [-0.2, 0) is 17.6 Å². The van der Waals surface area contributed by atoms with Crippen LogP contribution in [0.1, 0.15) is 93.3 Å². The molecule has 2 aromatic rings. The maximum absolute atomic E-state index is 13.1. The first-order chi connectivity index (χ1) is 18.0. The van der Waals surface area contributed by atoms with Crippen molar-refractivity contribution in [3.05, 3.63) is 64.7 Å². The number of anilines is 1. The van der Waals surface area contributed by atoms with Crippen LogP contribution in [0, 0.1) is 12.8 Å². The highest BCUT2D eigenvalue weighted by Gasteiger charge is 2.36. The molecule has 1 saturated carbocycles. The summed E-state index contributed by atoms with van der Waals surface area (Å²) in [5.41, 5.74) is 4.59. The predicted molar refractivity (Wildman–Crippen MR) is 154 cm³/mol. The highest BCUT2D eigenvalue weighted by molar-refractivity contribution is 6.12. The number of nitrogens with zero attached hydrogens (tertiary/aromatic N) is 2. The van der Waals surface area contributed by atoms with Crippen molar-refractivity contribution in [3.8, 4) is 0 Å². The summed E-state index contributed by atoms with van der Waals surface area (Å²) in [7, 11) is 0. The minimum Gasteiger partial charge on any atom is -0.390 e. The van der Waals surface area contributed by atoms with Crippen LogP contribution < -0.4 is 10.2 Å². The van der Waals surface area contributed by atoms with E-state index < -0.39 is 5.60 Å². The summed E-state index contributed by atoms with van der Waals surface area (Å²) >= 11 is 0. The van der Waals surface area contributed by atoms with Gasteiger partial charge in [-0.1, -0.05) is 29.8 Å². The SMILES string of the molecule is Cc1ccc(C(=O)N=C2Cc3ccc(CCCC(C)(C)O)cc3N2C2CCC(C(=O)NC(C)C)CC2)cc1. The molecule has 1 aliphatic carbocycles. The summed E-state index contributed by atoms with van der Waals surface area (Å²) in [6, 6.07) is 14.5. The largest absolute Gasteiger partial charge is 0.390 e. The number of aliphatic hydroxyl groups is 1. The van der Waals surface area contributed by atoms with E-state index in [1.165, 1.54) is 11.1 Å². The third-order valence-electron chi connectivity index (χ3n) is 7.68. The van der Waals surface area contributed by atoms with Gasteiger partial charge >= 0.3 is 0 Å². The van der Waals surface area contributed by atoms with Crippen LogP contribution in [0.25, 0.3) is 0 Å². The molecule has 0 spiro atoms. The Hall–Kier alpha value is -2.99. The van der Waals surface area contributed by atoms with Crippen LogP contribution in [0.5, 0.6) is 0 Å². The lowest BCUT2D eigenvalue weighted by Crippen LogP contribution is -2.44. The summed E-state index contributed by atoms with van der Waals surface area (Å²) in [5, 5.41) is 13.2. The molecule has 0 aromatic heterocycles. The summed E-state index contributed by atoms with van der Waals surface area (Å²) in [5.74, 6) is 0.777. The number of amides is 2. The Bertz CT molecular complexity index is 1170. The summed E-state index contributed by atoms with van der Waals surface area (Å²) in [6.07, 6.45) is 6.61. The average molecular weight is 518 g/mol. The van der Waals surface area contributed by atoms with Crippen molar-refractivity contribution in [2.45, 2.75) is 104 Å². The van der Waals surface area contributed by atoms with Crippen LogP contribution >= 0.6 is 0 Å². The van der Waals surface area contributed by atoms with E-state index in [4.69, 9.17) is 0 Å². The van der Waals surface area contributed by atoms with Gasteiger partial charge in [-0.05, 0) is 109 Å². The summed E-state index contributed by atoms with van der Waals surface area (Å²) in [6.45, 7) is 9.70. The Labute approximate surface area is 227 Å². The Kier molecular flexibility index (Phi) is 8.71. The first-order valence-electron chi connectivity index (χ1n) is 14.1. The molecule has 2 aliphatic rings. The monoisotopic (exact) mass is 517 g/mol. The molecule has 4 rings (SSSR count). The Morgan fingerprint density at radius 2 is 1.76 bits per heavy atom. The molecular weight excluding hydrogens is 474 g/mol. The number of aliphatic imine (C=N–C) groups is 1. The van der Waals surface area contributed by atoms with E-state index in [0.717, 1.165) is 62.0 Å². The van der Waals surface area contributed by atoms with Gasteiger partial charge in [-0.25, -0.2) is 0 Å². The highest BCUT2D eigenvalue weighted by atomic mass is 16.3. The molecule has 1 heterocycles. The van der Waals surface area contributed by atoms with Crippen LogP contribution in [0.2, 0.25) is 0 Å². The van der Waals surface area contributed by atoms with Crippen molar-refractivity contribution in [1.29, 1.82) is 0 Å². The minimum atomic E-state index is -0.667. The van der Waals surface area contributed by atoms with Gasteiger partial charge in [-0.3, -0.25) is 9.59 Å². The number of carbonyl (C=O) groups excluding carboxylic acids is 2. The van der Waals surface area contributed by atoms with Crippen molar-refractivity contribution in [1.82, 2.24) is 5.32 Å². The lowest BCUT2D eigenvalue weighted by molar-refractivity contribution is -0.126. The maximum Gasteiger partial charge on any atom is 0.278 e. The second kappa shape index (κ2) is 11.8. The molecule has 0 saturated heterocycles. The molecule has 2 N–H and O–H groups in total. The maximum atomic E-state index is 13.1. The molecule has 2 aromatic carbocycles. The van der Waals surface area contributed by atoms with Gasteiger partial charge in [0.25, 0.3) is 5.91 Å². The molecule has 204 valence electrons. The van der Waals surface area contributed by atoms with Crippen LogP contribution in [0.3, 0.4) is 0 Å². The zero-order chi connectivity index (χ0) is 27.4. The predicted octanol–water partition coefficient (Wildman–Crippen LogP) is 5.77. The smallest absolute Gasteiger partial charge is 0.278 e. The van der Waals surface area contributed by atoms with Crippen molar-refractivity contribution in [3.63, 3.8) is 0 Å². The molecule has 0 unspecified atom stereocenters. The minimum absolute atomic E-state index is 0.0403. The molecule has 0 bridgehead atoms. The number of hydrogen-bond donors (Lipinski definition) is 2. The average Bonchev–Trinajstić information content (AvgIpc) is 3.20. The lowest BCUT2D eigenvalue weighted by atomic mass is 9.84. The fourth-order valence-corrected chi connectivity index (χ4v) is 5.64. The molecule has 38 heavy (non-hydrogen) atoms. The van der Waals surface area contributed by atoms with E-state index >= 15 is 0 Å². The number of rotatable bonds is 8. The molecule has 2 amide bonds. The van der Waals surface area contributed by atoms with Gasteiger partial charge < -0.3 is 15.3 Å². The van der Waals surface area contributed by atoms with E-state index in [-0.39, 0.29) is 29.8 Å². The number of nitrogens with one attached hydrogen (secondary N) is 1. The fraction of sp³-hybridized carbons (Fsp3) is 0.531. The second-order valence-corrected chi connectivity index (χ2v) is 12.0. The van der Waals surface area contributed by atoms with Crippen LogP contribution in [0.15, 0.2) is 47.5 Å². The molecule has 0 radical (unpaired) electrons. The summed E-state index contributed by atoms with van der Waals surface area (Å²) < 4.78 is 0. The normalized spacial score (nSPS) is 20.6. The zero-order valence-corrected chi connectivity index (χ0v) is 23.6. The molecule has 1 aliphatic heterocycles. The fourth-order valence-electron chi connectivity index (χ4n) is 5.64. The number of amidine groups is 1.